The zero-order valence-electron chi connectivity index (χ0n) is 59.1. The molecule has 2 saturated heterocycles. The molecule has 9 N–H and O–H groups in total. The van der Waals surface area contributed by atoms with Gasteiger partial charge >= 0.3 is 0 Å². The van der Waals surface area contributed by atoms with Gasteiger partial charge in [-0.25, -0.2) is 0 Å². The zero-order chi connectivity index (χ0) is 66.6. The third-order valence-corrected chi connectivity index (χ3v) is 19.0. The summed E-state index contributed by atoms with van der Waals surface area (Å²) in [7, 11) is 0. The van der Waals surface area contributed by atoms with E-state index in [-0.39, 0.29) is 18.9 Å². The van der Waals surface area contributed by atoms with Gasteiger partial charge in [0.15, 0.2) is 12.6 Å². The van der Waals surface area contributed by atoms with Gasteiger partial charge in [-0.2, -0.15) is 0 Å². The average molecular weight is 1310 g/mol. The Labute approximate surface area is 563 Å². The van der Waals surface area contributed by atoms with Crippen LogP contribution >= 0.6 is 0 Å². The van der Waals surface area contributed by atoms with Gasteiger partial charge in [-0.15, -0.1) is 0 Å². The number of aliphatic hydroxyl groups is 8. The second-order valence-corrected chi connectivity index (χ2v) is 27.5. The molecule has 2 heterocycles. The molecule has 1 amide bonds. The Morgan fingerprint density at radius 1 is 0.380 bits per heavy atom. The summed E-state index contributed by atoms with van der Waals surface area (Å²) in [6.07, 6.45) is 66.2. The van der Waals surface area contributed by atoms with Gasteiger partial charge in [-0.1, -0.05) is 319 Å². The summed E-state index contributed by atoms with van der Waals surface area (Å²) in [5.41, 5.74) is 0. The molecule has 12 unspecified atom stereocenters. The van der Waals surface area contributed by atoms with Gasteiger partial charge in [0.25, 0.3) is 0 Å². The molecule has 92 heavy (non-hydrogen) atoms. The maximum absolute atomic E-state index is 13.4. The summed E-state index contributed by atoms with van der Waals surface area (Å²) in [5.74, 6) is -0.248. The predicted octanol–water partition coefficient (Wildman–Crippen LogP) is 17.0. The Kier molecular flexibility index (Phi) is 58.4. The molecule has 0 bridgehead atoms. The van der Waals surface area contributed by atoms with E-state index in [1.54, 1.807) is 6.08 Å². The highest BCUT2D eigenvalue weighted by molar-refractivity contribution is 5.76. The quantitative estimate of drug-likeness (QED) is 0.0204. The maximum atomic E-state index is 13.4. The molecule has 14 heteroatoms. The normalized spacial score (nSPS) is 22.9. The van der Waals surface area contributed by atoms with Crippen molar-refractivity contribution in [3.8, 4) is 0 Å². The second-order valence-electron chi connectivity index (χ2n) is 27.5. The van der Waals surface area contributed by atoms with Gasteiger partial charge < -0.3 is 65.1 Å². The number of allylic oxidation sites excluding steroid dienone is 7. The number of carbonyl (C=O) groups is 1. The van der Waals surface area contributed by atoms with E-state index >= 15 is 0 Å². The number of unbranched alkanes of at least 4 members (excludes halogenated alkanes) is 46. The van der Waals surface area contributed by atoms with Crippen LogP contribution in [-0.4, -0.2) is 140 Å². The molecule has 2 rings (SSSR count). The summed E-state index contributed by atoms with van der Waals surface area (Å²) in [6, 6.07) is -0.940. The molecule has 0 radical (unpaired) electrons. The molecular formula is C78H145NO13. The average Bonchev–Trinajstić information content (AvgIpc) is 0.836. The molecule has 0 saturated carbocycles. The van der Waals surface area contributed by atoms with E-state index in [1.165, 1.54) is 270 Å². The van der Waals surface area contributed by atoms with Crippen molar-refractivity contribution in [1.29, 1.82) is 0 Å². The molecule has 2 fully saturated rings. The minimum atomic E-state index is -1.79. The van der Waals surface area contributed by atoms with E-state index in [4.69, 9.17) is 18.9 Å². The molecule has 540 valence electrons. The number of aliphatic hydroxyl groups excluding tert-OH is 8. The van der Waals surface area contributed by atoms with Crippen LogP contribution in [0.2, 0.25) is 0 Å². The highest BCUT2D eigenvalue weighted by atomic mass is 16.7. The Morgan fingerprint density at radius 3 is 1.07 bits per heavy atom. The van der Waals surface area contributed by atoms with E-state index in [2.05, 4.69) is 55.6 Å². The lowest BCUT2D eigenvalue weighted by Crippen LogP contribution is -2.65. The number of ether oxygens (including phenoxy) is 4. The Hall–Kier alpha value is -2.05. The van der Waals surface area contributed by atoms with E-state index in [9.17, 15) is 45.6 Å². The van der Waals surface area contributed by atoms with Crippen LogP contribution in [0.3, 0.4) is 0 Å². The van der Waals surface area contributed by atoms with E-state index in [0.717, 1.165) is 44.9 Å². The number of hydrogen-bond acceptors (Lipinski definition) is 13. The number of hydrogen-bond donors (Lipinski definition) is 9. The SMILES string of the molecule is CCCCCCCCCC/C=C\CCCCCCCCCCCCCCCCCCCC(=O)NC(COC1OC(CO)C(OC2OC(CO)C(O)C(O)C2O)C(O)C1O)C(O)/C=C/CC/C=C/CC/C=C/CCCCCCCCCCCCCCCCCCCCC. The van der Waals surface area contributed by atoms with Gasteiger partial charge in [-0.05, 0) is 70.6 Å². The van der Waals surface area contributed by atoms with E-state index < -0.39 is 86.8 Å². The second kappa shape index (κ2) is 62.5. The molecular weight excluding hydrogens is 1160 g/mol. The molecule has 0 aromatic heterocycles. The molecule has 14 nitrogen and oxygen atoms in total. The number of rotatable bonds is 65. The summed E-state index contributed by atoms with van der Waals surface area (Å²) in [5, 5.41) is 87.6. The molecule has 0 aromatic rings. The third kappa shape index (κ3) is 45.5. The molecule has 0 spiro atoms. The van der Waals surface area contributed by atoms with Gasteiger partial charge in [0.2, 0.25) is 5.91 Å². The summed E-state index contributed by atoms with van der Waals surface area (Å²) in [6.45, 7) is 2.83. The maximum Gasteiger partial charge on any atom is 0.220 e. The Balaban J connectivity index is 1.66. The molecule has 0 aromatic carbocycles. The van der Waals surface area contributed by atoms with Crippen molar-refractivity contribution in [3.63, 3.8) is 0 Å². The van der Waals surface area contributed by atoms with Crippen molar-refractivity contribution in [3.05, 3.63) is 48.6 Å². The fourth-order valence-corrected chi connectivity index (χ4v) is 12.8. The van der Waals surface area contributed by atoms with Gasteiger partial charge in [0.1, 0.15) is 48.8 Å². The van der Waals surface area contributed by atoms with Gasteiger partial charge in [0.05, 0.1) is 32.0 Å². The van der Waals surface area contributed by atoms with Crippen LogP contribution in [0.5, 0.6) is 0 Å². The van der Waals surface area contributed by atoms with Crippen LogP contribution in [0.4, 0.5) is 0 Å². The lowest BCUT2D eigenvalue weighted by atomic mass is 9.97. The number of nitrogens with one attached hydrogen (secondary N) is 1. The van der Waals surface area contributed by atoms with Crippen molar-refractivity contribution in [2.24, 2.45) is 0 Å². The van der Waals surface area contributed by atoms with Crippen LogP contribution in [0.25, 0.3) is 0 Å². The molecule has 2 aliphatic heterocycles. The number of carbonyl (C=O) groups excluding carboxylic acids is 1. The summed E-state index contributed by atoms with van der Waals surface area (Å²) in [4.78, 5) is 13.4. The van der Waals surface area contributed by atoms with E-state index in [0.29, 0.717) is 12.8 Å². The van der Waals surface area contributed by atoms with Crippen LogP contribution in [-0.2, 0) is 23.7 Å². The Morgan fingerprint density at radius 2 is 0.696 bits per heavy atom. The fourth-order valence-electron chi connectivity index (χ4n) is 12.8. The lowest BCUT2D eigenvalue weighted by molar-refractivity contribution is -0.359. The van der Waals surface area contributed by atoms with Crippen molar-refractivity contribution < 1.29 is 64.6 Å². The first-order chi connectivity index (χ1) is 45.1. The standard InChI is InChI=1S/C78H145NO13/c1-3-5-7-9-11-13-15-17-19-21-23-25-27-29-31-33-35-37-39-41-43-45-47-49-51-53-55-57-59-61-67(82)66(65-89-77-75(88)73(86)76(69(64-81)91-77)92-78-74(87)72(85)71(84)68(63-80)90-78)79-70(83)62-60-58-56-54-52-50-48-46-44-42-40-38-36-34-32-30-28-26-24-22-20-18-16-14-12-10-8-6-4-2/h22,24,43,45,51,53,59,61,66-69,71-78,80-82,84-88H,3-21,23,25-42,44,46-50,52,54-58,60,62-65H2,1-2H3,(H,79,83)/b24-22-,45-43+,53-51+,61-59+. The van der Waals surface area contributed by atoms with E-state index in [1.807, 2.05) is 6.08 Å². The van der Waals surface area contributed by atoms with Crippen LogP contribution < -0.4 is 5.32 Å². The first-order valence-corrected chi connectivity index (χ1v) is 38.9. The fraction of sp³-hybridized carbons (Fsp3) is 0.885. The molecule has 12 atom stereocenters. The van der Waals surface area contributed by atoms with Crippen molar-refractivity contribution in [2.45, 2.75) is 421 Å². The largest absolute Gasteiger partial charge is 0.394 e. The van der Waals surface area contributed by atoms with Crippen molar-refractivity contribution in [2.75, 3.05) is 19.8 Å². The van der Waals surface area contributed by atoms with Crippen LogP contribution in [0.15, 0.2) is 48.6 Å². The molecule has 2 aliphatic rings. The minimum Gasteiger partial charge on any atom is -0.394 e. The summed E-state index contributed by atoms with van der Waals surface area (Å²) < 4.78 is 22.9. The highest BCUT2D eigenvalue weighted by Gasteiger charge is 2.51. The number of amides is 1. The lowest BCUT2D eigenvalue weighted by Gasteiger charge is -2.46. The summed E-state index contributed by atoms with van der Waals surface area (Å²) >= 11 is 0. The zero-order valence-corrected chi connectivity index (χ0v) is 59.1. The first-order valence-electron chi connectivity index (χ1n) is 38.9. The van der Waals surface area contributed by atoms with Gasteiger partial charge in [-0.3, -0.25) is 4.79 Å². The van der Waals surface area contributed by atoms with Gasteiger partial charge in [0, 0.05) is 6.42 Å². The molecule has 0 aliphatic carbocycles. The first kappa shape index (κ1) is 86.0. The smallest absolute Gasteiger partial charge is 0.220 e. The predicted molar refractivity (Wildman–Crippen MR) is 378 cm³/mol. The van der Waals surface area contributed by atoms with Crippen molar-refractivity contribution >= 4 is 5.91 Å². The minimum absolute atomic E-state index is 0.248. The third-order valence-electron chi connectivity index (χ3n) is 19.0. The van der Waals surface area contributed by atoms with Crippen molar-refractivity contribution in [1.82, 2.24) is 5.32 Å². The highest BCUT2D eigenvalue weighted by Crippen LogP contribution is 2.30. The van der Waals surface area contributed by atoms with Crippen LogP contribution in [0, 0.1) is 0 Å². The topological polar surface area (TPSA) is 228 Å². The Bertz CT molecular complexity index is 1730. The van der Waals surface area contributed by atoms with Crippen LogP contribution in [0.1, 0.15) is 348 Å². The monoisotopic (exact) mass is 1300 g/mol.